The van der Waals surface area contributed by atoms with E-state index in [-0.39, 0.29) is 0 Å². The zero-order valence-electron chi connectivity index (χ0n) is 9.29. The van der Waals surface area contributed by atoms with Crippen LogP contribution in [0.3, 0.4) is 0 Å². The summed E-state index contributed by atoms with van der Waals surface area (Å²) in [5, 5.41) is 3.48. The first-order valence-electron chi connectivity index (χ1n) is 5.42. The predicted octanol–water partition coefficient (Wildman–Crippen LogP) is 1.57. The first-order valence-corrected chi connectivity index (χ1v) is 5.42. The molecule has 1 heterocycles. The standard InChI is InChI=1S/C12H18N2O/c1-8(2)14-11-6-9-5-10(13)3-4-12(9)15-7-11/h3-5,8,11,14H,6-7,13H2,1-2H3. The molecule has 2 rings (SSSR count). The van der Waals surface area contributed by atoms with Gasteiger partial charge >= 0.3 is 0 Å². The summed E-state index contributed by atoms with van der Waals surface area (Å²) in [5.74, 6) is 0.978. The van der Waals surface area contributed by atoms with E-state index in [0.29, 0.717) is 12.1 Å². The van der Waals surface area contributed by atoms with Crippen LogP contribution in [-0.2, 0) is 6.42 Å². The number of rotatable bonds is 2. The molecule has 0 radical (unpaired) electrons. The molecule has 1 aliphatic rings. The molecule has 82 valence electrons. The van der Waals surface area contributed by atoms with Crippen molar-refractivity contribution in [2.24, 2.45) is 0 Å². The fourth-order valence-electron chi connectivity index (χ4n) is 1.99. The van der Waals surface area contributed by atoms with E-state index in [1.807, 2.05) is 18.2 Å². The molecular formula is C12H18N2O. The Labute approximate surface area is 90.6 Å². The Morgan fingerprint density at radius 1 is 1.47 bits per heavy atom. The average molecular weight is 206 g/mol. The lowest BCUT2D eigenvalue weighted by Crippen LogP contribution is -2.42. The summed E-state index contributed by atoms with van der Waals surface area (Å²) in [4.78, 5) is 0. The summed E-state index contributed by atoms with van der Waals surface area (Å²) in [6.45, 7) is 5.04. The smallest absolute Gasteiger partial charge is 0.122 e. The SMILES string of the molecule is CC(C)NC1COc2ccc(N)cc2C1. The van der Waals surface area contributed by atoms with Gasteiger partial charge in [-0.05, 0) is 30.2 Å². The van der Waals surface area contributed by atoms with Crippen molar-refractivity contribution in [2.45, 2.75) is 32.4 Å². The van der Waals surface area contributed by atoms with E-state index in [9.17, 15) is 0 Å². The minimum Gasteiger partial charge on any atom is -0.492 e. The molecule has 3 N–H and O–H groups in total. The maximum absolute atomic E-state index is 5.75. The molecule has 0 amide bonds. The number of nitrogens with two attached hydrogens (primary N) is 1. The van der Waals surface area contributed by atoms with Gasteiger partial charge in [0.15, 0.2) is 0 Å². The topological polar surface area (TPSA) is 47.3 Å². The second-order valence-corrected chi connectivity index (χ2v) is 4.40. The first kappa shape index (κ1) is 10.3. The van der Waals surface area contributed by atoms with Crippen LogP contribution >= 0.6 is 0 Å². The van der Waals surface area contributed by atoms with Gasteiger partial charge in [0.25, 0.3) is 0 Å². The zero-order valence-corrected chi connectivity index (χ0v) is 9.29. The molecular weight excluding hydrogens is 188 g/mol. The van der Waals surface area contributed by atoms with Crippen molar-refractivity contribution in [3.8, 4) is 5.75 Å². The van der Waals surface area contributed by atoms with Crippen LogP contribution in [0.1, 0.15) is 19.4 Å². The Morgan fingerprint density at radius 2 is 2.27 bits per heavy atom. The van der Waals surface area contributed by atoms with Crippen LogP contribution in [0.5, 0.6) is 5.75 Å². The highest BCUT2D eigenvalue weighted by Crippen LogP contribution is 2.26. The van der Waals surface area contributed by atoms with Crippen LogP contribution in [0.4, 0.5) is 5.69 Å². The number of nitrogens with one attached hydrogen (secondary N) is 1. The van der Waals surface area contributed by atoms with E-state index in [1.165, 1.54) is 5.56 Å². The van der Waals surface area contributed by atoms with Gasteiger partial charge in [0.1, 0.15) is 12.4 Å². The Bertz CT molecular complexity index is 349. The molecule has 0 bridgehead atoms. The van der Waals surface area contributed by atoms with Gasteiger partial charge < -0.3 is 15.8 Å². The van der Waals surface area contributed by atoms with E-state index in [1.54, 1.807) is 0 Å². The molecule has 1 aromatic rings. The number of benzene rings is 1. The third-order valence-electron chi connectivity index (χ3n) is 2.56. The molecule has 1 aliphatic heterocycles. The van der Waals surface area contributed by atoms with Gasteiger partial charge in [-0.3, -0.25) is 0 Å². The van der Waals surface area contributed by atoms with Crippen molar-refractivity contribution in [3.63, 3.8) is 0 Å². The summed E-state index contributed by atoms with van der Waals surface area (Å²) < 4.78 is 5.67. The lowest BCUT2D eigenvalue weighted by atomic mass is 10.0. The molecule has 3 heteroatoms. The molecule has 0 fully saturated rings. The third kappa shape index (κ3) is 2.42. The van der Waals surface area contributed by atoms with Crippen LogP contribution in [-0.4, -0.2) is 18.7 Å². The van der Waals surface area contributed by atoms with E-state index < -0.39 is 0 Å². The minimum absolute atomic E-state index is 0.402. The lowest BCUT2D eigenvalue weighted by Gasteiger charge is -2.27. The highest BCUT2D eigenvalue weighted by Gasteiger charge is 2.19. The molecule has 0 aromatic heterocycles. The van der Waals surface area contributed by atoms with Crippen LogP contribution < -0.4 is 15.8 Å². The van der Waals surface area contributed by atoms with E-state index in [2.05, 4.69) is 19.2 Å². The summed E-state index contributed by atoms with van der Waals surface area (Å²) in [5.41, 5.74) is 7.77. The van der Waals surface area contributed by atoms with Gasteiger partial charge in [-0.25, -0.2) is 0 Å². The highest BCUT2D eigenvalue weighted by molar-refractivity contribution is 5.48. The molecule has 1 aromatic carbocycles. The van der Waals surface area contributed by atoms with Gasteiger partial charge in [0, 0.05) is 17.8 Å². The fourth-order valence-corrected chi connectivity index (χ4v) is 1.99. The van der Waals surface area contributed by atoms with E-state index >= 15 is 0 Å². The van der Waals surface area contributed by atoms with Crippen LogP contribution in [0, 0.1) is 0 Å². The number of hydrogen-bond donors (Lipinski definition) is 2. The van der Waals surface area contributed by atoms with Gasteiger partial charge in [0.2, 0.25) is 0 Å². The molecule has 1 atom stereocenters. The van der Waals surface area contributed by atoms with Gasteiger partial charge in [0.05, 0.1) is 0 Å². The monoisotopic (exact) mass is 206 g/mol. The van der Waals surface area contributed by atoms with Crippen molar-refractivity contribution in [3.05, 3.63) is 23.8 Å². The molecule has 0 saturated carbocycles. The van der Waals surface area contributed by atoms with Crippen molar-refractivity contribution >= 4 is 5.69 Å². The molecule has 15 heavy (non-hydrogen) atoms. The van der Waals surface area contributed by atoms with Crippen LogP contribution in [0.15, 0.2) is 18.2 Å². The lowest BCUT2D eigenvalue weighted by molar-refractivity contribution is 0.231. The average Bonchev–Trinajstić information content (AvgIpc) is 2.16. The summed E-state index contributed by atoms with van der Waals surface area (Å²) in [6, 6.07) is 6.73. The molecule has 0 aliphatic carbocycles. The van der Waals surface area contributed by atoms with Crippen molar-refractivity contribution in [2.75, 3.05) is 12.3 Å². The van der Waals surface area contributed by atoms with Crippen molar-refractivity contribution in [1.82, 2.24) is 5.32 Å². The highest BCUT2D eigenvalue weighted by atomic mass is 16.5. The number of nitrogen functional groups attached to an aromatic ring is 1. The number of hydrogen-bond acceptors (Lipinski definition) is 3. The quantitative estimate of drug-likeness (QED) is 0.722. The van der Waals surface area contributed by atoms with Gasteiger partial charge in [-0.15, -0.1) is 0 Å². The number of ether oxygens (including phenoxy) is 1. The second kappa shape index (κ2) is 4.11. The Morgan fingerprint density at radius 3 is 3.00 bits per heavy atom. The largest absolute Gasteiger partial charge is 0.492 e. The molecule has 0 saturated heterocycles. The number of fused-ring (bicyclic) bond motifs is 1. The normalized spacial score (nSPS) is 19.8. The summed E-state index contributed by atoms with van der Waals surface area (Å²) in [6.07, 6.45) is 0.999. The Balaban J connectivity index is 2.11. The maximum atomic E-state index is 5.75. The molecule has 3 nitrogen and oxygen atoms in total. The summed E-state index contributed by atoms with van der Waals surface area (Å²) >= 11 is 0. The fraction of sp³-hybridized carbons (Fsp3) is 0.500. The second-order valence-electron chi connectivity index (χ2n) is 4.40. The molecule has 1 unspecified atom stereocenters. The first-order chi connectivity index (χ1) is 7.15. The van der Waals surface area contributed by atoms with Crippen LogP contribution in [0.2, 0.25) is 0 Å². The van der Waals surface area contributed by atoms with Crippen molar-refractivity contribution in [1.29, 1.82) is 0 Å². The molecule has 0 spiro atoms. The third-order valence-corrected chi connectivity index (χ3v) is 2.56. The van der Waals surface area contributed by atoms with E-state index in [0.717, 1.165) is 24.5 Å². The Hall–Kier alpha value is -1.22. The van der Waals surface area contributed by atoms with Gasteiger partial charge in [-0.1, -0.05) is 13.8 Å². The maximum Gasteiger partial charge on any atom is 0.122 e. The van der Waals surface area contributed by atoms with E-state index in [4.69, 9.17) is 10.5 Å². The minimum atomic E-state index is 0.402. The summed E-state index contributed by atoms with van der Waals surface area (Å²) in [7, 11) is 0. The van der Waals surface area contributed by atoms with Crippen molar-refractivity contribution < 1.29 is 4.74 Å². The number of anilines is 1. The predicted molar refractivity (Wildman–Crippen MR) is 62.1 cm³/mol. The Kier molecular flexibility index (Phi) is 2.82. The zero-order chi connectivity index (χ0) is 10.8. The van der Waals surface area contributed by atoms with Crippen LogP contribution in [0.25, 0.3) is 0 Å². The van der Waals surface area contributed by atoms with Gasteiger partial charge in [-0.2, -0.15) is 0 Å².